The smallest absolute Gasteiger partial charge is 0.335 e. The van der Waals surface area contributed by atoms with E-state index in [0.717, 1.165) is 11.1 Å². The number of benzene rings is 2. The number of methoxy groups -OCH3 is 1. The van der Waals surface area contributed by atoms with Crippen molar-refractivity contribution in [2.24, 2.45) is 0 Å². The highest BCUT2D eigenvalue weighted by Crippen LogP contribution is 2.42. The number of carboxylic acid groups (broad SMARTS) is 1. The van der Waals surface area contributed by atoms with Gasteiger partial charge in [0.15, 0.2) is 17.6 Å². The minimum absolute atomic E-state index is 0.411. The number of epoxide rings is 1. The summed E-state index contributed by atoms with van der Waals surface area (Å²) in [4.78, 5) is 10.9. The second-order valence-electron chi connectivity index (χ2n) is 5.00. The summed E-state index contributed by atoms with van der Waals surface area (Å²) >= 11 is 0. The molecule has 0 bridgehead atoms. The average molecular weight is 300 g/mol. The maximum absolute atomic E-state index is 10.9. The van der Waals surface area contributed by atoms with E-state index >= 15 is 0 Å². The van der Waals surface area contributed by atoms with Gasteiger partial charge >= 0.3 is 5.97 Å². The maximum atomic E-state index is 10.9. The van der Waals surface area contributed by atoms with Crippen molar-refractivity contribution in [3.05, 3.63) is 59.7 Å². The minimum Gasteiger partial charge on any atom is -0.493 e. The molecule has 2 aromatic rings. The number of aliphatic carboxylic acids is 1. The second-order valence-corrected chi connectivity index (χ2v) is 5.00. The molecule has 0 aliphatic carbocycles. The van der Waals surface area contributed by atoms with Crippen LogP contribution in [0, 0.1) is 0 Å². The van der Waals surface area contributed by atoms with E-state index in [1.807, 2.05) is 30.3 Å². The number of hydrogen-bond donors (Lipinski definition) is 1. The van der Waals surface area contributed by atoms with E-state index in [-0.39, 0.29) is 0 Å². The molecule has 2 aromatic carbocycles. The second kappa shape index (κ2) is 6.07. The molecule has 1 heterocycles. The molecule has 2 atom stereocenters. The normalized spacial score (nSPS) is 19.5. The van der Waals surface area contributed by atoms with Crippen LogP contribution >= 0.6 is 0 Å². The van der Waals surface area contributed by atoms with Gasteiger partial charge in [0, 0.05) is 0 Å². The molecule has 3 rings (SSSR count). The van der Waals surface area contributed by atoms with E-state index in [1.165, 1.54) is 0 Å². The summed E-state index contributed by atoms with van der Waals surface area (Å²) in [7, 11) is 1.57. The molecule has 1 aliphatic heterocycles. The van der Waals surface area contributed by atoms with Crippen LogP contribution < -0.4 is 9.47 Å². The first-order valence-corrected chi connectivity index (χ1v) is 6.92. The Morgan fingerprint density at radius 3 is 2.59 bits per heavy atom. The predicted octanol–water partition coefficient (Wildman–Crippen LogP) is 2.80. The molecule has 0 amide bonds. The van der Waals surface area contributed by atoms with Crippen LogP contribution in [0.4, 0.5) is 0 Å². The third-order valence-electron chi connectivity index (χ3n) is 3.49. The predicted molar refractivity (Wildman–Crippen MR) is 79.0 cm³/mol. The van der Waals surface area contributed by atoms with Gasteiger partial charge in [-0.3, -0.25) is 0 Å². The third-order valence-corrected chi connectivity index (χ3v) is 3.49. The van der Waals surface area contributed by atoms with Gasteiger partial charge in [0.1, 0.15) is 12.7 Å². The van der Waals surface area contributed by atoms with Gasteiger partial charge in [-0.05, 0) is 23.3 Å². The van der Waals surface area contributed by atoms with Crippen LogP contribution in [0.5, 0.6) is 11.5 Å². The topological polar surface area (TPSA) is 68.3 Å². The van der Waals surface area contributed by atoms with Crippen molar-refractivity contribution >= 4 is 5.97 Å². The highest BCUT2D eigenvalue weighted by molar-refractivity contribution is 5.76. The molecule has 0 unspecified atom stereocenters. The van der Waals surface area contributed by atoms with Crippen LogP contribution in [0.25, 0.3) is 0 Å². The molecule has 0 saturated carbocycles. The fourth-order valence-corrected chi connectivity index (χ4v) is 2.27. The lowest BCUT2D eigenvalue weighted by atomic mass is 10.1. The van der Waals surface area contributed by atoms with Crippen LogP contribution in [0.3, 0.4) is 0 Å². The van der Waals surface area contributed by atoms with Crippen LogP contribution in [0.15, 0.2) is 48.5 Å². The first-order chi connectivity index (χ1) is 10.7. The van der Waals surface area contributed by atoms with E-state index in [9.17, 15) is 4.79 Å². The lowest BCUT2D eigenvalue weighted by Crippen LogP contribution is -2.05. The largest absolute Gasteiger partial charge is 0.493 e. The van der Waals surface area contributed by atoms with Gasteiger partial charge in [0.25, 0.3) is 0 Å². The van der Waals surface area contributed by atoms with E-state index in [1.54, 1.807) is 25.3 Å². The van der Waals surface area contributed by atoms with Crippen molar-refractivity contribution in [2.75, 3.05) is 7.11 Å². The van der Waals surface area contributed by atoms with Crippen molar-refractivity contribution in [2.45, 2.75) is 18.8 Å². The molecule has 114 valence electrons. The molecule has 0 aromatic heterocycles. The average Bonchev–Trinajstić information content (AvgIpc) is 3.34. The minimum atomic E-state index is -0.951. The standard InChI is InChI=1S/C17H16O5/c1-20-13-8-7-12(15-16(22-15)17(18)19)9-14(13)21-10-11-5-3-2-4-6-11/h2-9,15-16H,10H2,1H3,(H,18,19)/t15-,16-/m1/s1. The first kappa shape index (κ1) is 14.4. The van der Waals surface area contributed by atoms with Gasteiger partial charge in [-0.25, -0.2) is 4.79 Å². The van der Waals surface area contributed by atoms with E-state index < -0.39 is 18.2 Å². The molecular weight excluding hydrogens is 284 g/mol. The first-order valence-electron chi connectivity index (χ1n) is 6.92. The molecule has 22 heavy (non-hydrogen) atoms. The van der Waals surface area contributed by atoms with Gasteiger partial charge in [-0.15, -0.1) is 0 Å². The van der Waals surface area contributed by atoms with Gasteiger partial charge in [-0.2, -0.15) is 0 Å². The van der Waals surface area contributed by atoms with Crippen LogP contribution in [-0.4, -0.2) is 24.3 Å². The zero-order valence-corrected chi connectivity index (χ0v) is 12.1. The summed E-state index contributed by atoms with van der Waals surface area (Å²) in [6.45, 7) is 0.411. The van der Waals surface area contributed by atoms with Gasteiger partial charge < -0.3 is 19.3 Å². The van der Waals surface area contributed by atoms with Crippen molar-refractivity contribution in [1.82, 2.24) is 0 Å². The quantitative estimate of drug-likeness (QED) is 0.831. The van der Waals surface area contributed by atoms with Crippen LogP contribution in [0.1, 0.15) is 17.2 Å². The van der Waals surface area contributed by atoms with Crippen LogP contribution in [-0.2, 0) is 16.1 Å². The fourth-order valence-electron chi connectivity index (χ4n) is 2.27. The number of hydrogen-bond acceptors (Lipinski definition) is 4. The Morgan fingerprint density at radius 2 is 1.95 bits per heavy atom. The molecule has 0 radical (unpaired) electrons. The molecule has 1 aliphatic rings. The Morgan fingerprint density at radius 1 is 1.18 bits per heavy atom. The van der Waals surface area contributed by atoms with E-state index in [2.05, 4.69) is 0 Å². The molecule has 1 saturated heterocycles. The molecule has 1 fully saturated rings. The molecule has 1 N–H and O–H groups in total. The lowest BCUT2D eigenvalue weighted by molar-refractivity contribution is -0.138. The zero-order valence-electron chi connectivity index (χ0n) is 12.1. The lowest BCUT2D eigenvalue weighted by Gasteiger charge is -2.12. The number of ether oxygens (including phenoxy) is 3. The summed E-state index contributed by atoms with van der Waals surface area (Å²) in [6.07, 6.45) is -1.18. The molecule has 0 spiro atoms. The fraction of sp³-hybridized carbons (Fsp3) is 0.235. The third kappa shape index (κ3) is 3.04. The Bertz CT molecular complexity index is 668. The highest BCUT2D eigenvalue weighted by Gasteiger charge is 2.46. The zero-order chi connectivity index (χ0) is 15.5. The number of rotatable bonds is 6. The van der Waals surface area contributed by atoms with Gasteiger partial charge in [-0.1, -0.05) is 36.4 Å². The van der Waals surface area contributed by atoms with E-state index in [0.29, 0.717) is 18.1 Å². The molecule has 5 heteroatoms. The van der Waals surface area contributed by atoms with Crippen molar-refractivity contribution in [1.29, 1.82) is 0 Å². The molecule has 5 nitrogen and oxygen atoms in total. The Balaban J connectivity index is 1.75. The number of carbonyl (C=O) groups is 1. The summed E-state index contributed by atoms with van der Waals surface area (Å²) < 4.78 is 16.2. The SMILES string of the molecule is COc1ccc([C@H]2O[C@H]2C(=O)O)cc1OCc1ccccc1. The Kier molecular flexibility index (Phi) is 3.98. The van der Waals surface area contributed by atoms with Gasteiger partial charge in [0.2, 0.25) is 0 Å². The van der Waals surface area contributed by atoms with Crippen molar-refractivity contribution < 1.29 is 24.1 Å². The van der Waals surface area contributed by atoms with E-state index in [4.69, 9.17) is 19.3 Å². The summed E-state index contributed by atoms with van der Waals surface area (Å²) in [5.74, 6) is 0.225. The molecular formula is C17H16O5. The van der Waals surface area contributed by atoms with Crippen molar-refractivity contribution in [3.8, 4) is 11.5 Å². The Hall–Kier alpha value is -2.53. The summed E-state index contributed by atoms with van der Waals surface area (Å²) in [5, 5.41) is 8.93. The Labute approximate surface area is 128 Å². The summed E-state index contributed by atoms with van der Waals surface area (Å²) in [5.41, 5.74) is 1.82. The highest BCUT2D eigenvalue weighted by atomic mass is 16.6. The number of carboxylic acids is 1. The maximum Gasteiger partial charge on any atom is 0.335 e. The van der Waals surface area contributed by atoms with Gasteiger partial charge in [0.05, 0.1) is 7.11 Å². The van der Waals surface area contributed by atoms with Crippen LogP contribution in [0.2, 0.25) is 0 Å². The van der Waals surface area contributed by atoms with Crippen molar-refractivity contribution in [3.63, 3.8) is 0 Å². The summed E-state index contributed by atoms with van der Waals surface area (Å²) in [6, 6.07) is 15.1. The monoisotopic (exact) mass is 300 g/mol.